The second-order valence-corrected chi connectivity index (χ2v) is 8.18. The molecule has 1 aliphatic carbocycles. The van der Waals surface area contributed by atoms with Crippen molar-refractivity contribution in [2.24, 2.45) is 16.8 Å². The Morgan fingerprint density at radius 3 is 2.78 bits per heavy atom. The predicted molar refractivity (Wildman–Crippen MR) is 109 cm³/mol. The number of aliphatic imine (C=N–C) groups is 1. The van der Waals surface area contributed by atoms with E-state index < -0.39 is 0 Å². The fourth-order valence-corrected chi connectivity index (χ4v) is 3.58. The van der Waals surface area contributed by atoms with E-state index in [0.29, 0.717) is 12.5 Å². The molecule has 1 aliphatic rings. The van der Waals surface area contributed by atoms with E-state index in [4.69, 9.17) is 0 Å². The van der Waals surface area contributed by atoms with Crippen LogP contribution in [0.1, 0.15) is 59.2 Å². The van der Waals surface area contributed by atoms with Crippen molar-refractivity contribution in [1.82, 2.24) is 25.5 Å². The summed E-state index contributed by atoms with van der Waals surface area (Å²) < 4.78 is 2.18. The topological polar surface area (TPSA) is 83.3 Å². The van der Waals surface area contributed by atoms with Gasteiger partial charge >= 0.3 is 0 Å². The summed E-state index contributed by atoms with van der Waals surface area (Å²) in [6, 6.07) is 0.457. The van der Waals surface area contributed by atoms with Crippen LogP contribution in [0.5, 0.6) is 0 Å². The Labute approximate surface area is 163 Å². The molecule has 0 saturated heterocycles. The number of carbonyl (C=O) groups excluding carboxylic acids is 1. The Kier molecular flexibility index (Phi) is 8.13. The number of hydrogen-bond donors (Lipinski definition) is 3. The van der Waals surface area contributed by atoms with Gasteiger partial charge in [0.2, 0.25) is 5.91 Å². The van der Waals surface area contributed by atoms with E-state index in [0.717, 1.165) is 44.0 Å². The third kappa shape index (κ3) is 6.88. The second-order valence-electron chi connectivity index (χ2n) is 8.18. The van der Waals surface area contributed by atoms with E-state index in [9.17, 15) is 4.79 Å². The van der Waals surface area contributed by atoms with E-state index >= 15 is 0 Å². The maximum absolute atomic E-state index is 12.3. The number of guanidine groups is 1. The van der Waals surface area contributed by atoms with E-state index in [1.165, 1.54) is 0 Å². The van der Waals surface area contributed by atoms with Gasteiger partial charge in [0.15, 0.2) is 5.96 Å². The van der Waals surface area contributed by atoms with Crippen molar-refractivity contribution in [3.8, 4) is 0 Å². The minimum absolute atomic E-state index is 0.0849. The zero-order chi connectivity index (χ0) is 19.8. The molecule has 1 aromatic heterocycles. The summed E-state index contributed by atoms with van der Waals surface area (Å²) >= 11 is 0. The molecular weight excluding hydrogens is 340 g/mol. The molecule has 0 radical (unpaired) electrons. The van der Waals surface area contributed by atoms with Crippen LogP contribution >= 0.6 is 0 Å². The van der Waals surface area contributed by atoms with Crippen LogP contribution in [-0.2, 0) is 17.9 Å². The van der Waals surface area contributed by atoms with Crippen molar-refractivity contribution in [3.63, 3.8) is 0 Å². The molecule has 3 N–H and O–H groups in total. The zero-order valence-electron chi connectivity index (χ0n) is 17.5. The first kappa shape index (κ1) is 21.3. The van der Waals surface area contributed by atoms with Crippen LogP contribution in [0.3, 0.4) is 0 Å². The monoisotopic (exact) mass is 376 g/mol. The Bertz CT molecular complexity index is 622. The molecule has 0 spiro atoms. The molecule has 1 aromatic rings. The number of nitrogens with zero attached hydrogens (tertiary/aromatic N) is 3. The molecule has 7 nitrogen and oxygen atoms in total. The highest BCUT2D eigenvalue weighted by molar-refractivity contribution is 5.81. The van der Waals surface area contributed by atoms with Crippen LogP contribution in [0, 0.1) is 11.8 Å². The Hall–Kier alpha value is -2.05. The minimum atomic E-state index is 0.0849. The van der Waals surface area contributed by atoms with Crippen LogP contribution in [0.2, 0.25) is 0 Å². The van der Waals surface area contributed by atoms with Crippen molar-refractivity contribution in [3.05, 3.63) is 18.2 Å². The van der Waals surface area contributed by atoms with Crippen LogP contribution in [0.15, 0.2) is 17.4 Å². The molecule has 27 heavy (non-hydrogen) atoms. The number of hydrogen-bond acceptors (Lipinski definition) is 3. The fourth-order valence-electron chi connectivity index (χ4n) is 3.58. The summed E-state index contributed by atoms with van der Waals surface area (Å²) in [5, 5.41) is 9.89. The molecule has 2 unspecified atom stereocenters. The van der Waals surface area contributed by atoms with Gasteiger partial charge in [0.25, 0.3) is 0 Å². The normalized spacial score (nSPS) is 20.8. The van der Waals surface area contributed by atoms with E-state index in [1.807, 2.05) is 26.2 Å². The van der Waals surface area contributed by atoms with Gasteiger partial charge in [-0.2, -0.15) is 0 Å². The summed E-state index contributed by atoms with van der Waals surface area (Å²) in [6.45, 7) is 10.00. The first-order valence-corrected chi connectivity index (χ1v) is 10.2. The molecule has 2 atom stereocenters. The summed E-state index contributed by atoms with van der Waals surface area (Å²) in [5.41, 5.74) is 0. The van der Waals surface area contributed by atoms with Gasteiger partial charge in [-0.25, -0.2) is 4.98 Å². The van der Waals surface area contributed by atoms with Crippen LogP contribution in [0.25, 0.3) is 0 Å². The summed E-state index contributed by atoms with van der Waals surface area (Å²) in [6.07, 6.45) is 7.80. The lowest BCUT2D eigenvalue weighted by Gasteiger charge is -2.30. The number of amides is 1. The molecule has 0 aromatic carbocycles. The Morgan fingerprint density at radius 1 is 1.33 bits per heavy atom. The predicted octanol–water partition coefficient (Wildman–Crippen LogP) is 2.29. The van der Waals surface area contributed by atoms with E-state index in [2.05, 4.69) is 44.3 Å². The van der Waals surface area contributed by atoms with Crippen molar-refractivity contribution < 1.29 is 4.79 Å². The molecule has 0 bridgehead atoms. The van der Waals surface area contributed by atoms with Gasteiger partial charge in [-0.15, -0.1) is 0 Å². The molecular formula is C20H36N6O. The standard InChI is InChI=1S/C20H36N6O/c1-14(2)13-26-10-9-22-18(26)12-23-20(21-5)25-17-8-6-7-16(11-17)19(27)24-15(3)4/h9-10,14-17H,6-8,11-13H2,1-5H3,(H,24,27)(H2,21,23,25). The van der Waals surface area contributed by atoms with Gasteiger partial charge in [0, 0.05) is 44.0 Å². The van der Waals surface area contributed by atoms with Gasteiger partial charge in [0.1, 0.15) is 5.82 Å². The number of nitrogens with one attached hydrogen (secondary N) is 3. The second kappa shape index (κ2) is 10.3. The van der Waals surface area contributed by atoms with Crippen molar-refractivity contribution in [2.45, 2.75) is 78.6 Å². The molecule has 0 aliphatic heterocycles. The molecule has 152 valence electrons. The van der Waals surface area contributed by atoms with Crippen molar-refractivity contribution in [1.29, 1.82) is 0 Å². The zero-order valence-corrected chi connectivity index (χ0v) is 17.5. The third-order valence-electron chi connectivity index (χ3n) is 4.82. The summed E-state index contributed by atoms with van der Waals surface area (Å²) in [7, 11) is 1.78. The number of aromatic nitrogens is 2. The SMILES string of the molecule is CN=C(NCc1nccn1CC(C)C)NC1CCCC(C(=O)NC(C)C)C1. The molecule has 1 fully saturated rings. The summed E-state index contributed by atoms with van der Waals surface area (Å²) in [5.74, 6) is 2.61. The number of carbonyl (C=O) groups is 1. The van der Waals surface area contributed by atoms with Gasteiger partial charge in [-0.05, 0) is 39.0 Å². The molecule has 2 rings (SSSR count). The number of rotatable bonds is 7. The van der Waals surface area contributed by atoms with E-state index in [1.54, 1.807) is 7.05 Å². The average Bonchev–Trinajstić information content (AvgIpc) is 3.04. The van der Waals surface area contributed by atoms with E-state index in [-0.39, 0.29) is 23.9 Å². The third-order valence-corrected chi connectivity index (χ3v) is 4.82. The average molecular weight is 377 g/mol. The molecule has 1 amide bonds. The van der Waals surface area contributed by atoms with Crippen molar-refractivity contribution in [2.75, 3.05) is 7.05 Å². The fraction of sp³-hybridized carbons (Fsp3) is 0.750. The Balaban J connectivity index is 1.86. The maximum atomic E-state index is 12.3. The maximum Gasteiger partial charge on any atom is 0.223 e. The first-order valence-electron chi connectivity index (χ1n) is 10.2. The first-order chi connectivity index (χ1) is 12.9. The van der Waals surface area contributed by atoms with Crippen LogP contribution in [-0.4, -0.2) is 40.5 Å². The summed E-state index contributed by atoms with van der Waals surface area (Å²) in [4.78, 5) is 21.1. The minimum Gasteiger partial charge on any atom is -0.354 e. The lowest BCUT2D eigenvalue weighted by Crippen LogP contribution is -2.47. The van der Waals surface area contributed by atoms with Gasteiger partial charge in [-0.3, -0.25) is 9.79 Å². The van der Waals surface area contributed by atoms with Crippen molar-refractivity contribution >= 4 is 11.9 Å². The highest BCUT2D eigenvalue weighted by Gasteiger charge is 2.28. The molecule has 1 heterocycles. The van der Waals surface area contributed by atoms with Gasteiger partial charge in [-0.1, -0.05) is 20.3 Å². The molecule has 1 saturated carbocycles. The quantitative estimate of drug-likeness (QED) is 0.504. The molecule has 7 heteroatoms. The smallest absolute Gasteiger partial charge is 0.223 e. The van der Waals surface area contributed by atoms with Gasteiger partial charge in [0.05, 0.1) is 6.54 Å². The highest BCUT2D eigenvalue weighted by atomic mass is 16.1. The van der Waals surface area contributed by atoms with Gasteiger partial charge < -0.3 is 20.5 Å². The lowest BCUT2D eigenvalue weighted by atomic mass is 9.85. The highest BCUT2D eigenvalue weighted by Crippen LogP contribution is 2.24. The van der Waals surface area contributed by atoms with Crippen LogP contribution < -0.4 is 16.0 Å². The Morgan fingerprint density at radius 2 is 2.11 bits per heavy atom. The lowest BCUT2D eigenvalue weighted by molar-refractivity contribution is -0.126. The van der Waals surface area contributed by atoms with Crippen LogP contribution in [0.4, 0.5) is 0 Å². The largest absolute Gasteiger partial charge is 0.354 e. The number of imidazole rings is 1.